The Bertz CT molecular complexity index is 786. The molecular formula is C19H20F3N3O2. The molecule has 1 fully saturated rings. The van der Waals surface area contributed by atoms with Crippen LogP contribution in [0.25, 0.3) is 0 Å². The molecule has 0 unspecified atom stereocenters. The van der Waals surface area contributed by atoms with E-state index in [1.807, 2.05) is 0 Å². The number of amides is 1. The van der Waals surface area contributed by atoms with Crippen LogP contribution in [0.3, 0.4) is 0 Å². The summed E-state index contributed by atoms with van der Waals surface area (Å²) in [4.78, 5) is 18.2. The van der Waals surface area contributed by atoms with Crippen molar-refractivity contribution in [1.29, 1.82) is 0 Å². The number of nitrogens with one attached hydrogen (secondary N) is 1. The summed E-state index contributed by atoms with van der Waals surface area (Å²) in [6, 6.07) is 9.51. The largest absolute Gasteiger partial charge is 0.573 e. The Morgan fingerprint density at radius 1 is 1.19 bits per heavy atom. The number of carbonyl (C=O) groups is 1. The molecule has 0 radical (unpaired) electrons. The van der Waals surface area contributed by atoms with Crippen molar-refractivity contribution in [3.8, 4) is 5.75 Å². The van der Waals surface area contributed by atoms with E-state index in [1.54, 1.807) is 37.5 Å². The highest BCUT2D eigenvalue weighted by Crippen LogP contribution is 2.32. The van der Waals surface area contributed by atoms with Crippen LogP contribution in [0.1, 0.15) is 34.7 Å². The summed E-state index contributed by atoms with van der Waals surface area (Å²) in [5, 5.41) is 2.59. The molecule has 1 amide bonds. The van der Waals surface area contributed by atoms with E-state index in [0.29, 0.717) is 5.56 Å². The van der Waals surface area contributed by atoms with Gasteiger partial charge in [0.25, 0.3) is 5.91 Å². The molecule has 3 rings (SSSR count). The van der Waals surface area contributed by atoms with Gasteiger partial charge >= 0.3 is 6.36 Å². The number of pyridine rings is 1. The van der Waals surface area contributed by atoms with Crippen molar-refractivity contribution in [2.45, 2.75) is 25.1 Å². The maximum absolute atomic E-state index is 12.2. The highest BCUT2D eigenvalue weighted by molar-refractivity contribution is 5.94. The number of alkyl halides is 3. The van der Waals surface area contributed by atoms with Crippen molar-refractivity contribution in [3.05, 3.63) is 53.7 Å². The number of anilines is 1. The molecule has 0 spiro atoms. The monoisotopic (exact) mass is 379 g/mol. The topological polar surface area (TPSA) is 54.5 Å². The van der Waals surface area contributed by atoms with Gasteiger partial charge in [0.2, 0.25) is 0 Å². The van der Waals surface area contributed by atoms with Crippen LogP contribution in [0.4, 0.5) is 19.0 Å². The summed E-state index contributed by atoms with van der Waals surface area (Å²) < 4.78 is 40.6. The number of aromatic nitrogens is 1. The normalized spacial score (nSPS) is 15.5. The smallest absolute Gasteiger partial charge is 0.406 e. The number of rotatable bonds is 4. The van der Waals surface area contributed by atoms with E-state index in [9.17, 15) is 18.0 Å². The molecule has 2 heterocycles. The Balaban J connectivity index is 1.61. The van der Waals surface area contributed by atoms with Crippen LogP contribution in [0.2, 0.25) is 0 Å². The number of halogens is 3. The van der Waals surface area contributed by atoms with Crippen LogP contribution in [0, 0.1) is 0 Å². The first kappa shape index (κ1) is 19.0. The number of carbonyl (C=O) groups excluding carboxylic acids is 1. The van der Waals surface area contributed by atoms with Gasteiger partial charge in [0.15, 0.2) is 0 Å². The minimum atomic E-state index is -4.68. The molecule has 0 bridgehead atoms. The molecule has 2 aromatic rings. The average molecular weight is 379 g/mol. The van der Waals surface area contributed by atoms with Gasteiger partial charge in [-0.05, 0) is 48.6 Å². The summed E-state index contributed by atoms with van der Waals surface area (Å²) in [7, 11) is 1.58. The molecule has 1 N–H and O–H groups in total. The maximum atomic E-state index is 12.2. The molecule has 1 aromatic heterocycles. The lowest BCUT2D eigenvalue weighted by atomic mass is 9.89. The van der Waals surface area contributed by atoms with Gasteiger partial charge in [-0.15, -0.1) is 13.2 Å². The van der Waals surface area contributed by atoms with Crippen LogP contribution in [0.15, 0.2) is 42.6 Å². The minimum absolute atomic E-state index is 0.158. The van der Waals surface area contributed by atoms with Crippen LogP contribution >= 0.6 is 0 Å². The zero-order valence-corrected chi connectivity index (χ0v) is 14.8. The van der Waals surface area contributed by atoms with Crippen molar-refractivity contribution < 1.29 is 22.7 Å². The van der Waals surface area contributed by atoms with Gasteiger partial charge in [0.1, 0.15) is 11.6 Å². The fraction of sp³-hybridized carbons (Fsp3) is 0.368. The van der Waals surface area contributed by atoms with Crippen LogP contribution in [0.5, 0.6) is 5.75 Å². The first-order valence-corrected chi connectivity index (χ1v) is 8.64. The van der Waals surface area contributed by atoms with Gasteiger partial charge in [0.05, 0.1) is 0 Å². The second-order valence-corrected chi connectivity index (χ2v) is 6.36. The first-order chi connectivity index (χ1) is 12.9. The van der Waals surface area contributed by atoms with Crippen LogP contribution in [-0.2, 0) is 0 Å². The van der Waals surface area contributed by atoms with E-state index in [-0.39, 0.29) is 17.6 Å². The van der Waals surface area contributed by atoms with Crippen molar-refractivity contribution in [2.75, 3.05) is 25.0 Å². The summed E-state index contributed by atoms with van der Waals surface area (Å²) >= 11 is 0. The van der Waals surface area contributed by atoms with Gasteiger partial charge in [-0.1, -0.05) is 12.1 Å². The maximum Gasteiger partial charge on any atom is 0.573 e. The van der Waals surface area contributed by atoms with E-state index < -0.39 is 6.36 Å². The van der Waals surface area contributed by atoms with Gasteiger partial charge < -0.3 is 15.0 Å². The lowest BCUT2D eigenvalue weighted by Gasteiger charge is -2.33. The van der Waals surface area contributed by atoms with E-state index >= 15 is 0 Å². The third kappa shape index (κ3) is 4.90. The summed E-state index contributed by atoms with van der Waals surface area (Å²) in [6.45, 7) is 1.52. The van der Waals surface area contributed by atoms with Crippen LogP contribution in [-0.4, -0.2) is 37.4 Å². The molecule has 1 aromatic carbocycles. The predicted octanol–water partition coefficient (Wildman–Crippen LogP) is 3.72. The van der Waals surface area contributed by atoms with Crippen molar-refractivity contribution >= 4 is 11.7 Å². The van der Waals surface area contributed by atoms with Gasteiger partial charge in [0, 0.05) is 31.9 Å². The Hall–Kier alpha value is -2.77. The molecule has 1 aliphatic heterocycles. The first-order valence-electron chi connectivity index (χ1n) is 8.64. The Morgan fingerprint density at radius 2 is 1.85 bits per heavy atom. The minimum Gasteiger partial charge on any atom is -0.406 e. The van der Waals surface area contributed by atoms with E-state index in [0.717, 1.165) is 37.3 Å². The van der Waals surface area contributed by atoms with Crippen molar-refractivity contribution in [1.82, 2.24) is 10.3 Å². The molecule has 1 saturated heterocycles. The predicted molar refractivity (Wildman–Crippen MR) is 94.9 cm³/mol. The second-order valence-electron chi connectivity index (χ2n) is 6.36. The summed E-state index contributed by atoms with van der Waals surface area (Å²) in [6.07, 6.45) is -1.36. The number of hydrogen-bond acceptors (Lipinski definition) is 4. The van der Waals surface area contributed by atoms with Gasteiger partial charge in [-0.3, -0.25) is 4.79 Å². The summed E-state index contributed by atoms with van der Waals surface area (Å²) in [5.74, 6) is 0.653. The molecule has 27 heavy (non-hydrogen) atoms. The number of ether oxygens (including phenoxy) is 1. The van der Waals surface area contributed by atoms with Gasteiger partial charge in [-0.25, -0.2) is 4.98 Å². The third-order valence-electron chi connectivity index (χ3n) is 4.64. The quantitative estimate of drug-likeness (QED) is 0.880. The fourth-order valence-corrected chi connectivity index (χ4v) is 3.26. The molecule has 0 atom stereocenters. The fourth-order valence-electron chi connectivity index (χ4n) is 3.26. The SMILES string of the molecule is CNC(=O)c1ccnc(N2CCC(c3ccc(OC(F)(F)F)cc3)CC2)c1. The van der Waals surface area contributed by atoms with Crippen molar-refractivity contribution in [2.24, 2.45) is 0 Å². The summed E-state index contributed by atoms with van der Waals surface area (Å²) in [5.41, 5.74) is 1.56. The molecule has 1 aliphatic rings. The highest BCUT2D eigenvalue weighted by Gasteiger charge is 2.31. The number of nitrogens with zero attached hydrogens (tertiary/aromatic N) is 2. The molecule has 5 nitrogen and oxygen atoms in total. The van der Waals surface area contributed by atoms with Gasteiger partial charge in [-0.2, -0.15) is 0 Å². The second kappa shape index (κ2) is 7.85. The number of piperidine rings is 1. The Kier molecular flexibility index (Phi) is 5.53. The van der Waals surface area contributed by atoms with Crippen molar-refractivity contribution in [3.63, 3.8) is 0 Å². The number of hydrogen-bond donors (Lipinski definition) is 1. The third-order valence-corrected chi connectivity index (χ3v) is 4.64. The van der Waals surface area contributed by atoms with E-state index in [4.69, 9.17) is 0 Å². The molecule has 144 valence electrons. The molecule has 0 aliphatic carbocycles. The average Bonchev–Trinajstić information content (AvgIpc) is 2.67. The van der Waals surface area contributed by atoms with E-state index in [1.165, 1.54) is 12.1 Å². The molecular weight excluding hydrogens is 359 g/mol. The lowest BCUT2D eigenvalue weighted by Crippen LogP contribution is -2.33. The van der Waals surface area contributed by atoms with E-state index in [2.05, 4.69) is 19.9 Å². The Labute approximate surface area is 155 Å². The standard InChI is InChI=1S/C19H20F3N3O2/c1-23-18(26)15-6-9-24-17(12-15)25-10-7-14(8-11-25)13-2-4-16(5-3-13)27-19(20,21)22/h2-6,9,12,14H,7-8,10-11H2,1H3,(H,23,26). The zero-order valence-electron chi connectivity index (χ0n) is 14.8. The lowest BCUT2D eigenvalue weighted by molar-refractivity contribution is -0.274. The zero-order chi connectivity index (χ0) is 19.4. The Morgan fingerprint density at radius 3 is 2.44 bits per heavy atom. The molecule has 0 saturated carbocycles. The number of benzene rings is 1. The molecule has 8 heteroatoms. The highest BCUT2D eigenvalue weighted by atomic mass is 19.4. The van der Waals surface area contributed by atoms with Crippen LogP contribution < -0.4 is 15.0 Å².